The molecule has 0 radical (unpaired) electrons. The van der Waals surface area contributed by atoms with E-state index in [1.807, 2.05) is 18.2 Å². The Bertz CT molecular complexity index is 323. The summed E-state index contributed by atoms with van der Waals surface area (Å²) in [5, 5.41) is 38.2. The number of rotatable bonds is 2. The summed E-state index contributed by atoms with van der Waals surface area (Å²) in [6.45, 7) is -0.390. The number of ether oxygens (including phenoxy) is 1. The lowest BCUT2D eigenvalue weighted by molar-refractivity contribution is -0.218. The maximum Gasteiger partial charge on any atom is 0.113 e. The molecular formula is C12H18O5. The van der Waals surface area contributed by atoms with Crippen LogP contribution in [0.2, 0.25) is 0 Å². The summed E-state index contributed by atoms with van der Waals surface area (Å²) in [6.07, 6.45) is 2.25. The first-order valence-electron chi connectivity index (χ1n) is 5.82. The van der Waals surface area contributed by atoms with E-state index in [2.05, 4.69) is 0 Å². The van der Waals surface area contributed by atoms with E-state index in [0.29, 0.717) is 0 Å². The largest absolute Gasteiger partial charge is 0.394 e. The normalized spacial score (nSPS) is 42.4. The molecule has 0 aromatic heterocycles. The molecule has 0 amide bonds. The topological polar surface area (TPSA) is 90.2 Å². The SMILES string of the molecule is OC[C@H]1OC(C2=CCCC=C2)[C@H](O)[C@@H](O)[C@@H]1O. The maximum atomic E-state index is 9.88. The number of hydrogen-bond donors (Lipinski definition) is 4. The third kappa shape index (κ3) is 2.43. The third-order valence-electron chi connectivity index (χ3n) is 3.24. The van der Waals surface area contributed by atoms with Crippen molar-refractivity contribution >= 4 is 0 Å². The first-order valence-corrected chi connectivity index (χ1v) is 5.82. The predicted molar refractivity (Wildman–Crippen MR) is 60.2 cm³/mol. The minimum Gasteiger partial charge on any atom is -0.394 e. The fourth-order valence-electron chi connectivity index (χ4n) is 2.22. The van der Waals surface area contributed by atoms with Crippen molar-refractivity contribution < 1.29 is 25.2 Å². The van der Waals surface area contributed by atoms with Gasteiger partial charge in [-0.2, -0.15) is 0 Å². The van der Waals surface area contributed by atoms with Crippen LogP contribution in [0.25, 0.3) is 0 Å². The fourth-order valence-corrected chi connectivity index (χ4v) is 2.22. The minimum absolute atomic E-state index is 0.390. The summed E-state index contributed by atoms with van der Waals surface area (Å²) in [7, 11) is 0. The molecule has 1 heterocycles. The summed E-state index contributed by atoms with van der Waals surface area (Å²) in [4.78, 5) is 0. The van der Waals surface area contributed by atoms with Crippen LogP contribution < -0.4 is 0 Å². The van der Waals surface area contributed by atoms with Crippen molar-refractivity contribution in [2.75, 3.05) is 6.61 Å². The van der Waals surface area contributed by atoms with Crippen LogP contribution in [-0.4, -0.2) is 57.6 Å². The standard InChI is InChI=1S/C12H18O5/c13-6-8-9(14)10(15)11(16)12(17-8)7-4-2-1-3-5-7/h2,4-5,8-16H,1,3,6H2/t8-,9-,10+,11-,12?/m1/s1. The van der Waals surface area contributed by atoms with Crippen molar-refractivity contribution in [3.05, 3.63) is 23.8 Å². The minimum atomic E-state index is -1.30. The molecule has 2 aliphatic rings. The Kier molecular flexibility index (Phi) is 3.96. The van der Waals surface area contributed by atoms with Crippen molar-refractivity contribution in [2.24, 2.45) is 0 Å². The molecule has 5 atom stereocenters. The van der Waals surface area contributed by atoms with Gasteiger partial charge in [0.1, 0.15) is 30.5 Å². The molecule has 0 aromatic rings. The molecule has 1 aliphatic heterocycles. The average molecular weight is 242 g/mol. The van der Waals surface area contributed by atoms with Crippen molar-refractivity contribution in [2.45, 2.75) is 43.4 Å². The first-order chi connectivity index (χ1) is 8.15. The van der Waals surface area contributed by atoms with Gasteiger partial charge in [-0.1, -0.05) is 18.2 Å². The van der Waals surface area contributed by atoms with Gasteiger partial charge in [0, 0.05) is 0 Å². The highest BCUT2D eigenvalue weighted by atomic mass is 16.5. The summed E-state index contributed by atoms with van der Waals surface area (Å²) >= 11 is 0. The molecule has 1 aliphatic carbocycles. The Morgan fingerprint density at radius 1 is 1.12 bits per heavy atom. The molecule has 1 unspecified atom stereocenters. The Morgan fingerprint density at radius 2 is 1.88 bits per heavy atom. The van der Waals surface area contributed by atoms with Gasteiger partial charge in [-0.15, -0.1) is 0 Å². The molecule has 96 valence electrons. The summed E-state index contributed by atoms with van der Waals surface area (Å²) < 4.78 is 5.44. The van der Waals surface area contributed by atoms with Gasteiger partial charge in [0.15, 0.2) is 0 Å². The second-order valence-corrected chi connectivity index (χ2v) is 4.43. The fraction of sp³-hybridized carbons (Fsp3) is 0.667. The van der Waals surface area contributed by atoms with E-state index >= 15 is 0 Å². The molecule has 1 saturated heterocycles. The first kappa shape index (κ1) is 12.7. The van der Waals surface area contributed by atoms with Crippen molar-refractivity contribution in [1.82, 2.24) is 0 Å². The van der Waals surface area contributed by atoms with Gasteiger partial charge in [-0.3, -0.25) is 0 Å². The average Bonchev–Trinajstić information content (AvgIpc) is 2.37. The number of allylic oxidation sites excluding steroid dienone is 2. The lowest BCUT2D eigenvalue weighted by atomic mass is 9.89. The smallest absolute Gasteiger partial charge is 0.113 e. The zero-order valence-electron chi connectivity index (χ0n) is 9.44. The van der Waals surface area contributed by atoms with Gasteiger partial charge in [0.05, 0.1) is 6.61 Å². The van der Waals surface area contributed by atoms with Gasteiger partial charge in [0.25, 0.3) is 0 Å². The van der Waals surface area contributed by atoms with Crippen LogP contribution in [0.5, 0.6) is 0 Å². The van der Waals surface area contributed by atoms with E-state index in [-0.39, 0.29) is 0 Å². The van der Waals surface area contributed by atoms with Crippen LogP contribution in [0, 0.1) is 0 Å². The van der Waals surface area contributed by atoms with E-state index in [1.54, 1.807) is 0 Å². The second kappa shape index (κ2) is 5.29. The second-order valence-electron chi connectivity index (χ2n) is 4.43. The van der Waals surface area contributed by atoms with Crippen molar-refractivity contribution in [1.29, 1.82) is 0 Å². The quantitative estimate of drug-likeness (QED) is 0.504. The molecule has 4 N–H and O–H groups in total. The zero-order valence-corrected chi connectivity index (χ0v) is 9.44. The molecular weight excluding hydrogens is 224 g/mol. The highest BCUT2D eigenvalue weighted by Crippen LogP contribution is 2.28. The van der Waals surface area contributed by atoms with Crippen LogP contribution in [0.4, 0.5) is 0 Å². The molecule has 0 spiro atoms. The lowest BCUT2D eigenvalue weighted by Crippen LogP contribution is -2.58. The monoisotopic (exact) mass is 242 g/mol. The van der Waals surface area contributed by atoms with E-state index in [9.17, 15) is 15.3 Å². The molecule has 0 saturated carbocycles. The number of aliphatic hydroxyl groups excluding tert-OH is 4. The summed E-state index contributed by atoms with van der Waals surface area (Å²) in [5.41, 5.74) is 0.785. The zero-order chi connectivity index (χ0) is 12.4. The van der Waals surface area contributed by atoms with Gasteiger partial charge < -0.3 is 25.2 Å². The van der Waals surface area contributed by atoms with E-state index in [4.69, 9.17) is 9.84 Å². The van der Waals surface area contributed by atoms with Crippen molar-refractivity contribution in [3.63, 3.8) is 0 Å². The Hall–Kier alpha value is -0.720. The number of aliphatic hydroxyl groups is 4. The highest BCUT2D eigenvalue weighted by Gasteiger charge is 2.44. The molecule has 5 nitrogen and oxygen atoms in total. The van der Waals surface area contributed by atoms with E-state index in [0.717, 1.165) is 18.4 Å². The number of hydrogen-bond acceptors (Lipinski definition) is 5. The third-order valence-corrected chi connectivity index (χ3v) is 3.24. The van der Waals surface area contributed by atoms with Crippen LogP contribution in [0.15, 0.2) is 23.8 Å². The van der Waals surface area contributed by atoms with Gasteiger partial charge >= 0.3 is 0 Å². The van der Waals surface area contributed by atoms with Gasteiger partial charge in [-0.25, -0.2) is 0 Å². The lowest BCUT2D eigenvalue weighted by Gasteiger charge is -2.40. The summed E-state index contributed by atoms with van der Waals surface area (Å²) in [5.74, 6) is 0. The highest BCUT2D eigenvalue weighted by molar-refractivity contribution is 5.28. The molecule has 5 heteroatoms. The molecule has 2 rings (SSSR count). The Morgan fingerprint density at radius 3 is 2.47 bits per heavy atom. The van der Waals surface area contributed by atoms with Gasteiger partial charge in [0.2, 0.25) is 0 Å². The predicted octanol–water partition coefficient (Wildman–Crippen LogP) is -0.895. The summed E-state index contributed by atoms with van der Waals surface area (Å²) in [6, 6.07) is 0. The maximum absolute atomic E-state index is 9.88. The van der Waals surface area contributed by atoms with Crippen LogP contribution >= 0.6 is 0 Å². The van der Waals surface area contributed by atoms with Crippen molar-refractivity contribution in [3.8, 4) is 0 Å². The van der Waals surface area contributed by atoms with Gasteiger partial charge in [-0.05, 0) is 18.4 Å². The van der Waals surface area contributed by atoms with E-state index in [1.165, 1.54) is 0 Å². The molecule has 1 fully saturated rings. The molecule has 17 heavy (non-hydrogen) atoms. The van der Waals surface area contributed by atoms with Crippen LogP contribution in [-0.2, 0) is 4.74 Å². The van der Waals surface area contributed by atoms with Crippen LogP contribution in [0.3, 0.4) is 0 Å². The Labute approximate surface area is 99.7 Å². The van der Waals surface area contributed by atoms with Crippen LogP contribution in [0.1, 0.15) is 12.8 Å². The molecule has 0 aromatic carbocycles. The Balaban J connectivity index is 2.16. The molecule has 0 bridgehead atoms. The van der Waals surface area contributed by atoms with E-state index < -0.39 is 37.1 Å².